The van der Waals surface area contributed by atoms with Crippen LogP contribution in [-0.4, -0.2) is 4.98 Å². The van der Waals surface area contributed by atoms with Gasteiger partial charge in [0.2, 0.25) is 0 Å². The van der Waals surface area contributed by atoms with Crippen LogP contribution in [0.3, 0.4) is 0 Å². The smallest absolute Gasteiger partial charge is 0.0697 e. The lowest BCUT2D eigenvalue weighted by Gasteiger charge is -2.07. The standard InChI is InChI=1S/C13H17ClN2/c1-7(2)13-12(14)11-9(8(3)15)5-4-6-10(11)16-13/h4-8,16H,15H2,1-3H3. The summed E-state index contributed by atoms with van der Waals surface area (Å²) in [4.78, 5) is 3.37. The van der Waals surface area contributed by atoms with Gasteiger partial charge in [-0.05, 0) is 24.5 Å². The number of aromatic nitrogens is 1. The molecular formula is C13H17ClN2. The zero-order valence-electron chi connectivity index (χ0n) is 9.84. The Hall–Kier alpha value is -0.990. The predicted octanol–water partition coefficient (Wildman–Crippen LogP) is 3.96. The van der Waals surface area contributed by atoms with Crippen LogP contribution in [0.4, 0.5) is 0 Å². The van der Waals surface area contributed by atoms with E-state index < -0.39 is 0 Å². The van der Waals surface area contributed by atoms with Gasteiger partial charge in [-0.1, -0.05) is 37.6 Å². The van der Waals surface area contributed by atoms with Crippen molar-refractivity contribution in [3.05, 3.63) is 34.5 Å². The molecule has 1 unspecified atom stereocenters. The van der Waals surface area contributed by atoms with E-state index in [0.717, 1.165) is 27.2 Å². The number of nitrogens with one attached hydrogen (secondary N) is 1. The number of halogens is 1. The van der Waals surface area contributed by atoms with E-state index in [4.69, 9.17) is 17.3 Å². The summed E-state index contributed by atoms with van der Waals surface area (Å²) in [5, 5.41) is 1.89. The van der Waals surface area contributed by atoms with Gasteiger partial charge in [-0.25, -0.2) is 0 Å². The molecule has 0 radical (unpaired) electrons. The molecule has 0 aliphatic rings. The second-order valence-electron chi connectivity index (χ2n) is 4.57. The fraction of sp³-hybridized carbons (Fsp3) is 0.385. The molecule has 1 heterocycles. The van der Waals surface area contributed by atoms with Gasteiger partial charge in [0.1, 0.15) is 0 Å². The summed E-state index contributed by atoms with van der Waals surface area (Å²) in [6.45, 7) is 6.23. The maximum Gasteiger partial charge on any atom is 0.0697 e. The molecule has 0 fully saturated rings. The van der Waals surface area contributed by atoms with Crippen molar-refractivity contribution >= 4 is 22.5 Å². The molecule has 2 nitrogen and oxygen atoms in total. The van der Waals surface area contributed by atoms with Crippen LogP contribution in [0.5, 0.6) is 0 Å². The van der Waals surface area contributed by atoms with Crippen molar-refractivity contribution in [1.29, 1.82) is 0 Å². The van der Waals surface area contributed by atoms with Crippen molar-refractivity contribution in [3.8, 4) is 0 Å². The number of fused-ring (bicyclic) bond motifs is 1. The second kappa shape index (κ2) is 4.11. The molecule has 0 amide bonds. The van der Waals surface area contributed by atoms with Gasteiger partial charge < -0.3 is 10.7 Å². The van der Waals surface area contributed by atoms with Crippen LogP contribution in [0.25, 0.3) is 10.9 Å². The van der Waals surface area contributed by atoms with Crippen LogP contribution in [-0.2, 0) is 0 Å². The van der Waals surface area contributed by atoms with E-state index in [1.165, 1.54) is 0 Å². The lowest BCUT2D eigenvalue weighted by atomic mass is 10.0. The Morgan fingerprint density at radius 3 is 2.50 bits per heavy atom. The topological polar surface area (TPSA) is 41.8 Å². The van der Waals surface area contributed by atoms with Crippen LogP contribution >= 0.6 is 11.6 Å². The zero-order chi connectivity index (χ0) is 11.9. The summed E-state index contributed by atoms with van der Waals surface area (Å²) in [6, 6.07) is 6.09. The molecule has 3 N–H and O–H groups in total. The summed E-state index contributed by atoms with van der Waals surface area (Å²) >= 11 is 6.41. The van der Waals surface area contributed by atoms with E-state index in [9.17, 15) is 0 Å². The lowest BCUT2D eigenvalue weighted by molar-refractivity contribution is 0.826. The van der Waals surface area contributed by atoms with Gasteiger partial charge in [0.05, 0.1) is 5.02 Å². The van der Waals surface area contributed by atoms with Crippen LogP contribution in [0, 0.1) is 0 Å². The van der Waals surface area contributed by atoms with Gasteiger partial charge in [0.25, 0.3) is 0 Å². The van der Waals surface area contributed by atoms with E-state index in [1.807, 2.05) is 25.1 Å². The van der Waals surface area contributed by atoms with Crippen molar-refractivity contribution < 1.29 is 0 Å². The zero-order valence-corrected chi connectivity index (χ0v) is 10.6. The number of H-pyrrole nitrogens is 1. The molecule has 0 bridgehead atoms. The highest BCUT2D eigenvalue weighted by Crippen LogP contribution is 2.35. The molecule has 0 aliphatic carbocycles. The van der Waals surface area contributed by atoms with Crippen LogP contribution < -0.4 is 5.73 Å². The first-order valence-corrected chi connectivity index (χ1v) is 5.95. The maximum absolute atomic E-state index is 6.41. The Kier molecular flexibility index (Phi) is 2.96. The number of benzene rings is 1. The third-order valence-electron chi connectivity index (χ3n) is 2.89. The van der Waals surface area contributed by atoms with Crippen molar-refractivity contribution in [1.82, 2.24) is 4.98 Å². The largest absolute Gasteiger partial charge is 0.357 e. The third kappa shape index (κ3) is 1.72. The highest BCUT2D eigenvalue weighted by molar-refractivity contribution is 6.36. The number of rotatable bonds is 2. The first-order valence-electron chi connectivity index (χ1n) is 5.58. The Morgan fingerprint density at radius 2 is 1.94 bits per heavy atom. The summed E-state index contributed by atoms with van der Waals surface area (Å²) in [5.41, 5.74) is 9.22. The highest BCUT2D eigenvalue weighted by Gasteiger charge is 2.16. The molecule has 86 valence electrons. The Bertz CT molecular complexity index is 512. The first kappa shape index (κ1) is 11.5. The molecule has 2 rings (SSSR count). The maximum atomic E-state index is 6.41. The summed E-state index contributed by atoms with van der Waals surface area (Å²) in [5.74, 6) is 0.390. The molecule has 2 aromatic rings. The number of hydrogen-bond acceptors (Lipinski definition) is 1. The van der Waals surface area contributed by atoms with Crippen molar-refractivity contribution in [2.75, 3.05) is 0 Å². The molecule has 16 heavy (non-hydrogen) atoms. The van der Waals surface area contributed by atoms with Gasteiger partial charge in [-0.3, -0.25) is 0 Å². The van der Waals surface area contributed by atoms with Crippen LogP contribution in [0.2, 0.25) is 5.02 Å². The Labute approximate surface area is 101 Å². The molecule has 1 atom stereocenters. The van der Waals surface area contributed by atoms with E-state index in [-0.39, 0.29) is 6.04 Å². The fourth-order valence-corrected chi connectivity index (χ4v) is 2.51. The molecule has 0 spiro atoms. The Balaban J connectivity index is 2.77. The van der Waals surface area contributed by atoms with E-state index in [0.29, 0.717) is 5.92 Å². The summed E-state index contributed by atoms with van der Waals surface area (Å²) in [6.07, 6.45) is 0. The average molecular weight is 237 g/mol. The van der Waals surface area contributed by atoms with E-state index in [2.05, 4.69) is 18.8 Å². The number of aromatic amines is 1. The molecule has 1 aromatic carbocycles. The van der Waals surface area contributed by atoms with Crippen LogP contribution in [0.1, 0.15) is 44.0 Å². The fourth-order valence-electron chi connectivity index (χ4n) is 2.03. The minimum atomic E-state index is -0.00277. The average Bonchev–Trinajstić information content (AvgIpc) is 2.56. The molecule has 3 heteroatoms. The van der Waals surface area contributed by atoms with Gasteiger partial charge in [-0.15, -0.1) is 0 Å². The van der Waals surface area contributed by atoms with Gasteiger partial charge >= 0.3 is 0 Å². The predicted molar refractivity (Wildman–Crippen MR) is 70.0 cm³/mol. The van der Waals surface area contributed by atoms with E-state index >= 15 is 0 Å². The Morgan fingerprint density at radius 1 is 1.25 bits per heavy atom. The molecule has 0 saturated heterocycles. The summed E-state index contributed by atoms with van der Waals surface area (Å²) in [7, 11) is 0. The molecular weight excluding hydrogens is 220 g/mol. The van der Waals surface area contributed by atoms with E-state index in [1.54, 1.807) is 0 Å². The number of nitrogens with two attached hydrogens (primary N) is 1. The minimum absolute atomic E-state index is 0.00277. The van der Waals surface area contributed by atoms with Gasteiger partial charge in [0.15, 0.2) is 0 Å². The highest BCUT2D eigenvalue weighted by atomic mass is 35.5. The molecule has 0 aliphatic heterocycles. The SMILES string of the molecule is CC(C)c1[nH]c2cccc(C(C)N)c2c1Cl. The second-order valence-corrected chi connectivity index (χ2v) is 4.94. The molecule has 0 saturated carbocycles. The van der Waals surface area contributed by atoms with Gasteiger partial charge in [-0.2, -0.15) is 0 Å². The normalized spacial score (nSPS) is 13.6. The number of hydrogen-bond donors (Lipinski definition) is 2. The van der Waals surface area contributed by atoms with Crippen molar-refractivity contribution in [2.45, 2.75) is 32.7 Å². The first-order chi connectivity index (χ1) is 7.52. The van der Waals surface area contributed by atoms with Gasteiger partial charge in [0, 0.05) is 22.6 Å². The lowest BCUT2D eigenvalue weighted by Crippen LogP contribution is -2.05. The van der Waals surface area contributed by atoms with Crippen molar-refractivity contribution in [2.24, 2.45) is 5.73 Å². The van der Waals surface area contributed by atoms with Crippen molar-refractivity contribution in [3.63, 3.8) is 0 Å². The quantitative estimate of drug-likeness (QED) is 0.814. The molecule has 1 aromatic heterocycles. The monoisotopic (exact) mass is 236 g/mol. The summed E-state index contributed by atoms with van der Waals surface area (Å²) < 4.78 is 0. The van der Waals surface area contributed by atoms with Crippen LogP contribution in [0.15, 0.2) is 18.2 Å². The minimum Gasteiger partial charge on any atom is -0.357 e. The third-order valence-corrected chi connectivity index (χ3v) is 3.28.